The summed E-state index contributed by atoms with van der Waals surface area (Å²) in [4.78, 5) is 11.9. The van der Waals surface area contributed by atoms with Crippen molar-refractivity contribution in [1.82, 2.24) is 10.2 Å². The molecule has 1 aliphatic carbocycles. The normalized spacial score (nSPS) is 14.7. The molecule has 6 nitrogen and oxygen atoms in total. The zero-order valence-corrected chi connectivity index (χ0v) is 14.5. The number of hydrogen-bond donors (Lipinski definition) is 2. The van der Waals surface area contributed by atoms with Gasteiger partial charge in [-0.2, -0.15) is 0 Å². The van der Waals surface area contributed by atoms with Crippen molar-refractivity contribution >= 4 is 17.3 Å². The van der Waals surface area contributed by atoms with E-state index in [1.54, 1.807) is 0 Å². The van der Waals surface area contributed by atoms with Crippen LogP contribution in [0.1, 0.15) is 31.7 Å². The molecule has 26 heavy (non-hydrogen) atoms. The molecule has 2 N–H and O–H groups in total. The molecule has 1 unspecified atom stereocenters. The molecule has 1 saturated carbocycles. The van der Waals surface area contributed by atoms with Crippen molar-refractivity contribution in [2.24, 2.45) is 5.92 Å². The summed E-state index contributed by atoms with van der Waals surface area (Å²) in [6.45, 7) is 1.96. The van der Waals surface area contributed by atoms with E-state index in [1.165, 1.54) is 0 Å². The molecule has 6 heteroatoms. The van der Waals surface area contributed by atoms with E-state index in [0.717, 1.165) is 29.8 Å². The van der Waals surface area contributed by atoms with Crippen LogP contribution in [0, 0.1) is 5.92 Å². The molecular weight excluding hydrogens is 328 g/mol. The van der Waals surface area contributed by atoms with Gasteiger partial charge >= 0.3 is 0 Å². The second-order valence-corrected chi connectivity index (χ2v) is 6.52. The Balaban J connectivity index is 1.44. The van der Waals surface area contributed by atoms with Crippen LogP contribution in [0.3, 0.4) is 0 Å². The molecule has 0 aliphatic heterocycles. The Labute approximate surface area is 151 Å². The summed E-state index contributed by atoms with van der Waals surface area (Å²) in [5, 5.41) is 14.5. The van der Waals surface area contributed by atoms with Crippen molar-refractivity contribution in [3.05, 3.63) is 60.5 Å². The van der Waals surface area contributed by atoms with Crippen LogP contribution in [0.2, 0.25) is 0 Å². The van der Waals surface area contributed by atoms with E-state index in [2.05, 4.69) is 20.8 Å². The van der Waals surface area contributed by atoms with Gasteiger partial charge in [-0.3, -0.25) is 4.79 Å². The first-order valence-electron chi connectivity index (χ1n) is 8.75. The van der Waals surface area contributed by atoms with E-state index in [0.29, 0.717) is 11.8 Å². The highest BCUT2D eigenvalue weighted by atomic mass is 16.4. The third kappa shape index (κ3) is 3.74. The molecule has 1 amide bonds. The van der Waals surface area contributed by atoms with E-state index in [1.807, 2.05) is 61.5 Å². The van der Waals surface area contributed by atoms with Crippen molar-refractivity contribution in [1.29, 1.82) is 0 Å². The van der Waals surface area contributed by atoms with Crippen LogP contribution in [0.4, 0.5) is 11.4 Å². The number of aromatic nitrogens is 2. The molecule has 1 heterocycles. The zero-order chi connectivity index (χ0) is 17.9. The average Bonchev–Trinajstić information content (AvgIpc) is 3.39. The zero-order valence-electron chi connectivity index (χ0n) is 14.5. The van der Waals surface area contributed by atoms with Crippen molar-refractivity contribution in [2.45, 2.75) is 25.8 Å². The molecule has 1 aromatic heterocycles. The Morgan fingerprint density at radius 3 is 2.62 bits per heavy atom. The SMILES string of the molecule is CC(Nc1cccc(NC(=O)C2CC2)c1)c1nnc(-c2ccccc2)o1. The van der Waals surface area contributed by atoms with Crippen LogP contribution in [-0.2, 0) is 4.79 Å². The number of hydrogen-bond acceptors (Lipinski definition) is 5. The maximum absolute atomic E-state index is 11.9. The van der Waals surface area contributed by atoms with Gasteiger partial charge in [0.1, 0.15) is 6.04 Å². The van der Waals surface area contributed by atoms with E-state index in [9.17, 15) is 4.79 Å². The molecule has 1 atom stereocenters. The summed E-state index contributed by atoms with van der Waals surface area (Å²) < 4.78 is 5.78. The Morgan fingerprint density at radius 1 is 1.08 bits per heavy atom. The van der Waals surface area contributed by atoms with Gasteiger partial charge < -0.3 is 15.1 Å². The molecule has 0 saturated heterocycles. The van der Waals surface area contributed by atoms with Crippen LogP contribution in [-0.4, -0.2) is 16.1 Å². The van der Waals surface area contributed by atoms with E-state index < -0.39 is 0 Å². The largest absolute Gasteiger partial charge is 0.418 e. The Bertz CT molecular complexity index is 903. The van der Waals surface area contributed by atoms with Gasteiger partial charge in [0.25, 0.3) is 0 Å². The summed E-state index contributed by atoms with van der Waals surface area (Å²) in [5.41, 5.74) is 2.56. The van der Waals surface area contributed by atoms with Gasteiger partial charge in [-0.1, -0.05) is 24.3 Å². The fraction of sp³-hybridized carbons (Fsp3) is 0.250. The number of anilines is 2. The van der Waals surface area contributed by atoms with Gasteiger partial charge in [0, 0.05) is 22.9 Å². The van der Waals surface area contributed by atoms with E-state index >= 15 is 0 Å². The van der Waals surface area contributed by atoms with Crippen molar-refractivity contribution < 1.29 is 9.21 Å². The number of nitrogens with one attached hydrogen (secondary N) is 2. The summed E-state index contributed by atoms with van der Waals surface area (Å²) >= 11 is 0. The number of nitrogens with zero attached hydrogens (tertiary/aromatic N) is 2. The summed E-state index contributed by atoms with van der Waals surface area (Å²) in [5.74, 6) is 1.29. The minimum Gasteiger partial charge on any atom is -0.418 e. The topological polar surface area (TPSA) is 80.0 Å². The van der Waals surface area contributed by atoms with Crippen molar-refractivity contribution in [3.63, 3.8) is 0 Å². The monoisotopic (exact) mass is 348 g/mol. The Morgan fingerprint density at radius 2 is 1.85 bits per heavy atom. The predicted octanol–water partition coefficient (Wildman–Crippen LogP) is 4.26. The van der Waals surface area contributed by atoms with Crippen LogP contribution >= 0.6 is 0 Å². The summed E-state index contributed by atoms with van der Waals surface area (Å²) in [6, 6.07) is 17.2. The van der Waals surface area contributed by atoms with Gasteiger partial charge in [0.2, 0.25) is 17.7 Å². The second kappa shape index (κ2) is 7.00. The van der Waals surface area contributed by atoms with Crippen LogP contribution in [0.25, 0.3) is 11.5 Å². The van der Waals surface area contributed by atoms with Crippen molar-refractivity contribution in [2.75, 3.05) is 10.6 Å². The lowest BCUT2D eigenvalue weighted by atomic mass is 10.2. The Kier molecular flexibility index (Phi) is 4.39. The third-order valence-electron chi connectivity index (χ3n) is 4.29. The molecule has 2 aromatic carbocycles. The van der Waals surface area contributed by atoms with Gasteiger partial charge in [-0.25, -0.2) is 0 Å². The number of carbonyl (C=O) groups excluding carboxylic acids is 1. The highest BCUT2D eigenvalue weighted by Crippen LogP contribution is 2.30. The molecule has 0 bridgehead atoms. The van der Waals surface area contributed by atoms with Gasteiger partial charge in [0.15, 0.2) is 0 Å². The Hall–Kier alpha value is -3.15. The summed E-state index contributed by atoms with van der Waals surface area (Å²) in [6.07, 6.45) is 1.98. The first-order chi connectivity index (χ1) is 12.7. The van der Waals surface area contributed by atoms with Crippen LogP contribution < -0.4 is 10.6 Å². The molecule has 132 valence electrons. The quantitative estimate of drug-likeness (QED) is 0.696. The number of amides is 1. The number of rotatable bonds is 6. The molecule has 0 radical (unpaired) electrons. The molecule has 3 aromatic rings. The fourth-order valence-corrected chi connectivity index (χ4v) is 2.70. The lowest BCUT2D eigenvalue weighted by molar-refractivity contribution is -0.117. The minimum atomic E-state index is -0.158. The summed E-state index contributed by atoms with van der Waals surface area (Å²) in [7, 11) is 0. The van der Waals surface area contributed by atoms with Gasteiger partial charge in [-0.15, -0.1) is 10.2 Å². The first-order valence-corrected chi connectivity index (χ1v) is 8.75. The van der Waals surface area contributed by atoms with Crippen LogP contribution in [0.5, 0.6) is 0 Å². The maximum atomic E-state index is 11.9. The minimum absolute atomic E-state index is 0.0969. The van der Waals surface area contributed by atoms with Gasteiger partial charge in [-0.05, 0) is 50.1 Å². The average molecular weight is 348 g/mol. The first kappa shape index (κ1) is 16.3. The van der Waals surface area contributed by atoms with Crippen LogP contribution in [0.15, 0.2) is 59.0 Å². The third-order valence-corrected chi connectivity index (χ3v) is 4.29. The number of carbonyl (C=O) groups is 1. The molecule has 1 aliphatic rings. The lowest BCUT2D eigenvalue weighted by Gasteiger charge is -2.13. The highest BCUT2D eigenvalue weighted by molar-refractivity contribution is 5.94. The second-order valence-electron chi connectivity index (χ2n) is 6.52. The maximum Gasteiger partial charge on any atom is 0.247 e. The smallest absolute Gasteiger partial charge is 0.247 e. The predicted molar refractivity (Wildman–Crippen MR) is 99.6 cm³/mol. The number of benzene rings is 2. The molecular formula is C20H20N4O2. The standard InChI is InChI=1S/C20H20N4O2/c1-13(19-23-24-20(26-19)15-6-3-2-4-7-15)21-16-8-5-9-17(12-16)22-18(25)14-10-11-14/h2-9,12-14,21H,10-11H2,1H3,(H,22,25). The lowest BCUT2D eigenvalue weighted by Crippen LogP contribution is -2.13. The highest BCUT2D eigenvalue weighted by Gasteiger charge is 2.29. The molecule has 0 spiro atoms. The fourth-order valence-electron chi connectivity index (χ4n) is 2.70. The molecule has 1 fully saturated rings. The molecule has 4 rings (SSSR count). The van der Waals surface area contributed by atoms with Crippen molar-refractivity contribution in [3.8, 4) is 11.5 Å². The van der Waals surface area contributed by atoms with E-state index in [4.69, 9.17) is 4.42 Å². The van der Waals surface area contributed by atoms with Gasteiger partial charge in [0.05, 0.1) is 0 Å². The van der Waals surface area contributed by atoms with E-state index in [-0.39, 0.29) is 17.9 Å².